The van der Waals surface area contributed by atoms with E-state index in [2.05, 4.69) is 15.9 Å². The van der Waals surface area contributed by atoms with Crippen LogP contribution in [0.4, 0.5) is 5.69 Å². The van der Waals surface area contributed by atoms with Crippen molar-refractivity contribution in [2.24, 2.45) is 5.73 Å². The van der Waals surface area contributed by atoms with Gasteiger partial charge in [0.1, 0.15) is 5.84 Å². The molecule has 1 aromatic rings. The number of nitrogens with two attached hydrogens (primary N) is 1. The maximum Gasteiger partial charge on any atom is 0.154 e. The molecular formula is C12H16BrN3O2S. The molecule has 1 aliphatic heterocycles. The first-order valence-electron chi connectivity index (χ1n) is 5.91. The number of hydrogen-bond acceptors (Lipinski definition) is 4. The minimum atomic E-state index is -2.95. The van der Waals surface area contributed by atoms with Crippen molar-refractivity contribution in [1.82, 2.24) is 0 Å². The average molecular weight is 346 g/mol. The molecule has 104 valence electrons. The summed E-state index contributed by atoms with van der Waals surface area (Å²) >= 11 is 3.36. The molecule has 1 saturated heterocycles. The van der Waals surface area contributed by atoms with Crippen molar-refractivity contribution in [1.29, 1.82) is 5.41 Å². The summed E-state index contributed by atoms with van der Waals surface area (Å²) in [6.45, 7) is 2.31. The van der Waals surface area contributed by atoms with Crippen LogP contribution in [-0.4, -0.2) is 38.3 Å². The van der Waals surface area contributed by atoms with E-state index in [0.29, 0.717) is 12.1 Å². The van der Waals surface area contributed by atoms with Gasteiger partial charge in [-0.15, -0.1) is 0 Å². The molecule has 3 N–H and O–H groups in total. The number of halogens is 1. The minimum Gasteiger partial charge on any atom is -0.384 e. The van der Waals surface area contributed by atoms with Crippen molar-refractivity contribution in [2.45, 2.75) is 13.0 Å². The van der Waals surface area contributed by atoms with Gasteiger partial charge in [0.2, 0.25) is 0 Å². The number of nitrogens with one attached hydrogen (secondary N) is 1. The number of nitrogens with zero attached hydrogens (tertiary/aromatic N) is 1. The van der Waals surface area contributed by atoms with Gasteiger partial charge in [-0.3, -0.25) is 5.41 Å². The van der Waals surface area contributed by atoms with Crippen molar-refractivity contribution >= 4 is 37.3 Å². The molecule has 19 heavy (non-hydrogen) atoms. The molecule has 1 aromatic carbocycles. The molecule has 1 heterocycles. The Balaban J connectivity index is 2.40. The second-order valence-corrected chi connectivity index (χ2v) is 7.88. The zero-order chi connectivity index (χ0) is 14.2. The van der Waals surface area contributed by atoms with Crippen molar-refractivity contribution in [3.8, 4) is 0 Å². The Morgan fingerprint density at radius 1 is 1.53 bits per heavy atom. The summed E-state index contributed by atoms with van der Waals surface area (Å²) < 4.78 is 24.1. The summed E-state index contributed by atoms with van der Waals surface area (Å²) in [6.07, 6.45) is 0. The number of benzene rings is 1. The van der Waals surface area contributed by atoms with Crippen LogP contribution in [0.15, 0.2) is 22.7 Å². The van der Waals surface area contributed by atoms with E-state index in [1.807, 2.05) is 24.0 Å². The van der Waals surface area contributed by atoms with Crippen LogP contribution in [0.25, 0.3) is 0 Å². The Hall–Kier alpha value is -1.08. The van der Waals surface area contributed by atoms with Crippen molar-refractivity contribution < 1.29 is 8.42 Å². The van der Waals surface area contributed by atoms with Crippen LogP contribution in [0.5, 0.6) is 0 Å². The van der Waals surface area contributed by atoms with E-state index in [-0.39, 0.29) is 23.4 Å². The van der Waals surface area contributed by atoms with Gasteiger partial charge in [0.05, 0.1) is 11.5 Å². The Morgan fingerprint density at radius 2 is 2.21 bits per heavy atom. The molecule has 0 amide bonds. The van der Waals surface area contributed by atoms with Crippen molar-refractivity contribution in [3.63, 3.8) is 0 Å². The third-order valence-electron chi connectivity index (χ3n) is 3.23. The van der Waals surface area contributed by atoms with E-state index in [1.165, 1.54) is 0 Å². The quantitative estimate of drug-likeness (QED) is 0.625. The lowest BCUT2D eigenvalue weighted by Crippen LogP contribution is -2.47. The molecule has 1 unspecified atom stereocenters. The largest absolute Gasteiger partial charge is 0.384 e. The van der Waals surface area contributed by atoms with Gasteiger partial charge in [-0.05, 0) is 25.1 Å². The first kappa shape index (κ1) is 14.3. The van der Waals surface area contributed by atoms with Gasteiger partial charge in [-0.1, -0.05) is 15.9 Å². The SMILES string of the molecule is CC1CS(=O)(=O)CCN1c1ccc(Br)cc1C(=N)N. The predicted molar refractivity (Wildman–Crippen MR) is 80.6 cm³/mol. The first-order valence-corrected chi connectivity index (χ1v) is 8.52. The molecule has 0 spiro atoms. The highest BCUT2D eigenvalue weighted by Crippen LogP contribution is 2.28. The summed E-state index contributed by atoms with van der Waals surface area (Å²) in [7, 11) is -2.95. The van der Waals surface area contributed by atoms with E-state index in [4.69, 9.17) is 11.1 Å². The lowest BCUT2D eigenvalue weighted by atomic mass is 10.1. The van der Waals surface area contributed by atoms with E-state index in [9.17, 15) is 8.42 Å². The van der Waals surface area contributed by atoms with Gasteiger partial charge in [0, 0.05) is 28.3 Å². The van der Waals surface area contributed by atoms with E-state index in [0.717, 1.165) is 10.2 Å². The zero-order valence-corrected chi connectivity index (χ0v) is 13.0. The number of amidine groups is 1. The summed E-state index contributed by atoms with van der Waals surface area (Å²) in [5.41, 5.74) is 7.05. The van der Waals surface area contributed by atoms with Gasteiger partial charge in [0.15, 0.2) is 9.84 Å². The molecule has 0 aromatic heterocycles. The summed E-state index contributed by atoms with van der Waals surface area (Å²) in [5, 5.41) is 7.65. The Labute approximate surface area is 121 Å². The molecule has 1 aliphatic rings. The molecular weight excluding hydrogens is 330 g/mol. The number of hydrogen-bond donors (Lipinski definition) is 2. The van der Waals surface area contributed by atoms with Crippen LogP contribution in [0.3, 0.4) is 0 Å². The number of sulfone groups is 1. The lowest BCUT2D eigenvalue weighted by molar-refractivity contribution is 0.568. The Kier molecular flexibility index (Phi) is 3.87. The van der Waals surface area contributed by atoms with E-state index in [1.54, 1.807) is 6.07 Å². The normalized spacial score (nSPS) is 22.2. The highest BCUT2D eigenvalue weighted by atomic mass is 79.9. The van der Waals surface area contributed by atoms with Crippen molar-refractivity contribution in [2.75, 3.05) is 23.0 Å². The second-order valence-electron chi connectivity index (χ2n) is 4.73. The van der Waals surface area contributed by atoms with Gasteiger partial charge >= 0.3 is 0 Å². The molecule has 1 fully saturated rings. The highest BCUT2D eigenvalue weighted by molar-refractivity contribution is 9.10. The monoisotopic (exact) mass is 345 g/mol. The molecule has 2 rings (SSSR count). The smallest absolute Gasteiger partial charge is 0.154 e. The first-order chi connectivity index (χ1) is 8.80. The van der Waals surface area contributed by atoms with Crippen LogP contribution in [0.2, 0.25) is 0 Å². The molecule has 0 saturated carbocycles. The third-order valence-corrected chi connectivity index (χ3v) is 5.52. The molecule has 0 bridgehead atoms. The zero-order valence-electron chi connectivity index (χ0n) is 10.6. The fourth-order valence-corrected chi connectivity index (χ4v) is 4.25. The van der Waals surface area contributed by atoms with Crippen molar-refractivity contribution in [3.05, 3.63) is 28.2 Å². The molecule has 5 nitrogen and oxygen atoms in total. The Bertz CT molecular complexity index is 615. The van der Waals surface area contributed by atoms with Gasteiger partial charge in [-0.2, -0.15) is 0 Å². The van der Waals surface area contributed by atoms with Gasteiger partial charge in [-0.25, -0.2) is 8.42 Å². The molecule has 0 radical (unpaired) electrons. The fourth-order valence-electron chi connectivity index (χ4n) is 2.33. The topological polar surface area (TPSA) is 87.2 Å². The summed E-state index contributed by atoms with van der Waals surface area (Å²) in [6, 6.07) is 5.42. The Morgan fingerprint density at radius 3 is 2.79 bits per heavy atom. The third kappa shape index (κ3) is 3.09. The predicted octanol–water partition coefficient (Wildman–Crippen LogP) is 1.36. The standard InChI is InChI=1S/C12H16BrN3O2S/c1-8-7-19(17,18)5-4-16(8)11-3-2-9(13)6-10(11)12(14)15/h2-3,6,8H,4-5,7H2,1H3,(H3,14,15). The highest BCUT2D eigenvalue weighted by Gasteiger charge is 2.29. The number of anilines is 1. The number of rotatable bonds is 2. The lowest BCUT2D eigenvalue weighted by Gasteiger charge is -2.36. The molecule has 0 aliphatic carbocycles. The van der Waals surface area contributed by atoms with Crippen LogP contribution in [-0.2, 0) is 9.84 Å². The minimum absolute atomic E-state index is 0.0167. The van der Waals surface area contributed by atoms with Crippen LogP contribution in [0.1, 0.15) is 12.5 Å². The number of nitrogen functional groups attached to an aromatic ring is 1. The summed E-state index contributed by atoms with van der Waals surface area (Å²) in [5.74, 6) is 0.266. The van der Waals surface area contributed by atoms with Gasteiger partial charge < -0.3 is 10.6 Å². The second kappa shape index (κ2) is 5.13. The van der Waals surface area contributed by atoms with Gasteiger partial charge in [0.25, 0.3) is 0 Å². The van der Waals surface area contributed by atoms with E-state index < -0.39 is 9.84 Å². The van der Waals surface area contributed by atoms with Crippen LogP contribution in [0, 0.1) is 5.41 Å². The van der Waals surface area contributed by atoms with Crippen LogP contribution >= 0.6 is 15.9 Å². The average Bonchev–Trinajstić information content (AvgIpc) is 2.28. The fraction of sp³-hybridized carbons (Fsp3) is 0.417. The molecule has 1 atom stereocenters. The van der Waals surface area contributed by atoms with Crippen LogP contribution < -0.4 is 10.6 Å². The maximum absolute atomic E-state index is 11.6. The summed E-state index contributed by atoms with van der Waals surface area (Å²) in [4.78, 5) is 2.00. The maximum atomic E-state index is 11.6. The van der Waals surface area contributed by atoms with E-state index >= 15 is 0 Å². The molecule has 7 heteroatoms.